The molecule has 0 unspecified atom stereocenters. The molecule has 0 bridgehead atoms. The summed E-state index contributed by atoms with van der Waals surface area (Å²) in [6, 6.07) is 0.0370. The summed E-state index contributed by atoms with van der Waals surface area (Å²) in [4.78, 5) is 42.0. The van der Waals surface area contributed by atoms with Gasteiger partial charge in [-0.3, -0.25) is 9.59 Å². The maximum atomic E-state index is 12.3. The summed E-state index contributed by atoms with van der Waals surface area (Å²) in [5.41, 5.74) is 1.32. The average molecular weight is 279 g/mol. The lowest BCUT2D eigenvalue weighted by Gasteiger charge is -2.21. The van der Waals surface area contributed by atoms with Gasteiger partial charge in [-0.2, -0.15) is 4.98 Å². The fourth-order valence-electron chi connectivity index (χ4n) is 2.22. The number of nitrogens with one attached hydrogen (secondary N) is 1. The Hall–Kier alpha value is -2.18. The van der Waals surface area contributed by atoms with E-state index in [2.05, 4.69) is 9.97 Å². The molecule has 0 aromatic carbocycles. The van der Waals surface area contributed by atoms with E-state index in [1.807, 2.05) is 0 Å². The molecule has 0 aliphatic heterocycles. The minimum Gasteiger partial charge on any atom is -0.480 e. The van der Waals surface area contributed by atoms with E-state index < -0.39 is 11.7 Å². The fraction of sp³-hybridized carbons (Fsp3) is 0.538. The van der Waals surface area contributed by atoms with Crippen molar-refractivity contribution in [2.24, 2.45) is 0 Å². The number of carbonyl (C=O) groups excluding carboxylic acids is 1. The van der Waals surface area contributed by atoms with E-state index in [1.54, 1.807) is 13.8 Å². The Morgan fingerprint density at radius 3 is 2.55 bits per heavy atom. The summed E-state index contributed by atoms with van der Waals surface area (Å²) in [5.74, 6) is -1.26. The third kappa shape index (κ3) is 3.23. The summed E-state index contributed by atoms with van der Waals surface area (Å²) in [5, 5.41) is 8.87. The van der Waals surface area contributed by atoms with Gasteiger partial charge in [-0.25, -0.2) is 4.79 Å². The Morgan fingerprint density at radius 2 is 2.05 bits per heavy atom. The molecule has 0 saturated heterocycles. The van der Waals surface area contributed by atoms with Crippen LogP contribution < -0.4 is 5.69 Å². The molecule has 0 radical (unpaired) electrons. The molecule has 0 spiro atoms. The maximum Gasteiger partial charge on any atom is 0.345 e. The van der Waals surface area contributed by atoms with Crippen LogP contribution >= 0.6 is 0 Å². The number of hydrogen-bond donors (Lipinski definition) is 2. The maximum absolute atomic E-state index is 12.3. The molecule has 1 amide bonds. The highest BCUT2D eigenvalue weighted by atomic mass is 16.4. The molecule has 1 saturated carbocycles. The van der Waals surface area contributed by atoms with Crippen molar-refractivity contribution in [1.29, 1.82) is 0 Å². The molecule has 1 aliphatic rings. The lowest BCUT2D eigenvalue weighted by Crippen LogP contribution is -2.38. The number of carbonyl (C=O) groups is 2. The van der Waals surface area contributed by atoms with Crippen molar-refractivity contribution in [1.82, 2.24) is 14.9 Å². The highest BCUT2D eigenvalue weighted by molar-refractivity contribution is 5.83. The Bertz CT molecular complexity index is 578. The Morgan fingerprint density at radius 1 is 1.40 bits per heavy atom. The predicted octanol–water partition coefficient (Wildman–Crippen LogP) is 0.00484. The number of aromatic amines is 1. The number of H-pyrrole nitrogens is 1. The fourth-order valence-corrected chi connectivity index (χ4v) is 2.22. The third-order valence-corrected chi connectivity index (χ3v) is 3.39. The molecule has 1 heterocycles. The molecule has 0 atom stereocenters. The van der Waals surface area contributed by atoms with E-state index in [4.69, 9.17) is 5.11 Å². The van der Waals surface area contributed by atoms with Gasteiger partial charge in [0.2, 0.25) is 5.91 Å². The van der Waals surface area contributed by atoms with Gasteiger partial charge in [0.05, 0.1) is 6.42 Å². The number of carboxylic acids is 1. The van der Waals surface area contributed by atoms with Crippen molar-refractivity contribution < 1.29 is 14.7 Å². The number of hydrogen-bond acceptors (Lipinski definition) is 4. The van der Waals surface area contributed by atoms with Crippen molar-refractivity contribution in [2.45, 2.75) is 39.2 Å². The minimum absolute atomic E-state index is 0.0370. The zero-order chi connectivity index (χ0) is 14.9. The Labute approximate surface area is 115 Å². The van der Waals surface area contributed by atoms with Gasteiger partial charge in [-0.15, -0.1) is 0 Å². The second-order valence-corrected chi connectivity index (χ2v) is 5.05. The number of carboxylic acid groups (broad SMARTS) is 1. The van der Waals surface area contributed by atoms with Gasteiger partial charge in [-0.05, 0) is 26.7 Å². The molecule has 1 aromatic heterocycles. The largest absolute Gasteiger partial charge is 0.480 e. The first-order valence-corrected chi connectivity index (χ1v) is 6.46. The van der Waals surface area contributed by atoms with Gasteiger partial charge in [0.1, 0.15) is 6.54 Å². The Kier molecular flexibility index (Phi) is 3.87. The van der Waals surface area contributed by atoms with Crippen molar-refractivity contribution in [3.8, 4) is 0 Å². The smallest absolute Gasteiger partial charge is 0.345 e. The molecule has 1 fully saturated rings. The number of nitrogens with zero attached hydrogens (tertiary/aromatic N) is 2. The van der Waals surface area contributed by atoms with Crippen LogP contribution in [0, 0.1) is 13.8 Å². The Balaban J connectivity index is 2.18. The van der Waals surface area contributed by atoms with Crippen LogP contribution in [-0.4, -0.2) is 44.4 Å². The molecule has 2 rings (SSSR count). The van der Waals surface area contributed by atoms with Gasteiger partial charge in [-0.1, -0.05) is 0 Å². The third-order valence-electron chi connectivity index (χ3n) is 3.39. The van der Waals surface area contributed by atoms with E-state index in [-0.39, 0.29) is 24.9 Å². The first kappa shape index (κ1) is 14.2. The number of aliphatic carboxylic acids is 1. The topological polar surface area (TPSA) is 103 Å². The molecule has 1 aromatic rings. The number of aromatic nitrogens is 2. The zero-order valence-electron chi connectivity index (χ0n) is 11.5. The molecule has 20 heavy (non-hydrogen) atoms. The van der Waals surface area contributed by atoms with E-state index in [0.717, 1.165) is 12.8 Å². The van der Waals surface area contributed by atoms with Gasteiger partial charge >= 0.3 is 11.7 Å². The second-order valence-electron chi connectivity index (χ2n) is 5.05. The predicted molar refractivity (Wildman–Crippen MR) is 70.4 cm³/mol. The molecular formula is C13H17N3O4. The first-order chi connectivity index (χ1) is 9.38. The van der Waals surface area contributed by atoms with E-state index in [1.165, 1.54) is 4.90 Å². The SMILES string of the molecule is Cc1nc(=O)[nH]c(C)c1CC(=O)N(CC(=O)O)C1CC1. The van der Waals surface area contributed by atoms with Gasteiger partial charge < -0.3 is 15.0 Å². The number of amides is 1. The van der Waals surface area contributed by atoms with E-state index in [9.17, 15) is 14.4 Å². The standard InChI is InChI=1S/C13H17N3O4/c1-7-10(8(2)15-13(20)14-7)5-11(17)16(6-12(18)19)9-3-4-9/h9H,3-6H2,1-2H3,(H,18,19)(H,14,15,20). The zero-order valence-corrected chi connectivity index (χ0v) is 11.5. The molecule has 1 aliphatic carbocycles. The summed E-state index contributed by atoms with van der Waals surface area (Å²) < 4.78 is 0. The number of rotatable bonds is 5. The molecule has 2 N–H and O–H groups in total. The van der Waals surface area contributed by atoms with Crippen molar-refractivity contribution in [3.05, 3.63) is 27.4 Å². The van der Waals surface area contributed by atoms with Crippen LogP contribution in [0.1, 0.15) is 29.8 Å². The van der Waals surface area contributed by atoms with Crippen LogP contribution in [0.2, 0.25) is 0 Å². The summed E-state index contributed by atoms with van der Waals surface area (Å²) in [6.07, 6.45) is 1.76. The molecule has 7 nitrogen and oxygen atoms in total. The van der Waals surface area contributed by atoms with Crippen LogP contribution in [0.4, 0.5) is 0 Å². The number of aryl methyl sites for hydroxylation is 2. The average Bonchev–Trinajstić information content (AvgIpc) is 3.14. The van der Waals surface area contributed by atoms with Crippen LogP contribution in [0.25, 0.3) is 0 Å². The lowest BCUT2D eigenvalue weighted by molar-refractivity contribution is -0.144. The van der Waals surface area contributed by atoms with Crippen molar-refractivity contribution in [3.63, 3.8) is 0 Å². The summed E-state index contributed by atoms with van der Waals surface area (Å²) >= 11 is 0. The van der Waals surface area contributed by atoms with Gasteiger partial charge in [0.25, 0.3) is 0 Å². The van der Waals surface area contributed by atoms with Crippen LogP contribution in [0.3, 0.4) is 0 Å². The first-order valence-electron chi connectivity index (χ1n) is 6.46. The minimum atomic E-state index is -1.02. The van der Waals surface area contributed by atoms with Crippen LogP contribution in [0.15, 0.2) is 4.79 Å². The summed E-state index contributed by atoms with van der Waals surface area (Å²) in [6.45, 7) is 3.10. The van der Waals surface area contributed by atoms with E-state index in [0.29, 0.717) is 17.0 Å². The van der Waals surface area contributed by atoms with Crippen LogP contribution in [0.5, 0.6) is 0 Å². The normalized spacial score (nSPS) is 14.1. The van der Waals surface area contributed by atoms with Gasteiger partial charge in [0, 0.05) is 23.0 Å². The van der Waals surface area contributed by atoms with Crippen molar-refractivity contribution in [2.75, 3.05) is 6.54 Å². The second kappa shape index (κ2) is 5.44. The van der Waals surface area contributed by atoms with Crippen molar-refractivity contribution >= 4 is 11.9 Å². The van der Waals surface area contributed by atoms with Gasteiger partial charge in [0.15, 0.2) is 0 Å². The monoisotopic (exact) mass is 279 g/mol. The highest BCUT2D eigenvalue weighted by Gasteiger charge is 2.34. The quantitative estimate of drug-likeness (QED) is 0.790. The summed E-state index contributed by atoms with van der Waals surface area (Å²) in [7, 11) is 0. The molecule has 7 heteroatoms. The molecule has 108 valence electrons. The lowest BCUT2D eigenvalue weighted by atomic mass is 10.1. The van der Waals surface area contributed by atoms with E-state index >= 15 is 0 Å². The highest BCUT2D eigenvalue weighted by Crippen LogP contribution is 2.27. The van der Waals surface area contributed by atoms with Crippen LogP contribution in [-0.2, 0) is 16.0 Å². The molecular weight excluding hydrogens is 262 g/mol.